The molecule has 7 heteroatoms. The number of nitrogens with two attached hydrogens (primary N) is 1. The van der Waals surface area contributed by atoms with E-state index in [0.717, 1.165) is 23.5 Å². The van der Waals surface area contributed by atoms with Crippen LogP contribution in [0.15, 0.2) is 18.2 Å². The molecule has 0 saturated heterocycles. The second kappa shape index (κ2) is 7.11. The van der Waals surface area contributed by atoms with Gasteiger partial charge in [0.05, 0.1) is 19.0 Å². The van der Waals surface area contributed by atoms with Crippen molar-refractivity contribution in [1.29, 1.82) is 0 Å². The molecule has 1 atom stereocenters. The Balaban J connectivity index is 1.90. The van der Waals surface area contributed by atoms with Gasteiger partial charge >= 0.3 is 0 Å². The molecular formula is C14H22N2O4S. The number of nitrogens with one attached hydrogen (secondary N) is 1. The van der Waals surface area contributed by atoms with Crippen LogP contribution in [-0.2, 0) is 10.0 Å². The molecule has 1 aliphatic heterocycles. The fraction of sp³-hybridized carbons (Fsp3) is 0.571. The zero-order valence-electron chi connectivity index (χ0n) is 12.2. The van der Waals surface area contributed by atoms with Crippen molar-refractivity contribution < 1.29 is 17.9 Å². The summed E-state index contributed by atoms with van der Waals surface area (Å²) in [5.41, 5.74) is 1.08. The smallest absolute Gasteiger partial charge is 0.209 e. The number of ether oxygens (including phenoxy) is 2. The molecule has 1 heterocycles. The molecule has 0 aliphatic carbocycles. The molecule has 118 valence electrons. The number of benzene rings is 1. The van der Waals surface area contributed by atoms with Gasteiger partial charge in [-0.1, -0.05) is 6.07 Å². The quantitative estimate of drug-likeness (QED) is 0.769. The van der Waals surface area contributed by atoms with E-state index in [9.17, 15) is 8.42 Å². The molecule has 0 aromatic heterocycles. The molecule has 0 radical (unpaired) electrons. The maximum Gasteiger partial charge on any atom is 0.209 e. The Morgan fingerprint density at radius 3 is 2.71 bits per heavy atom. The molecule has 1 aromatic rings. The molecule has 21 heavy (non-hydrogen) atoms. The van der Waals surface area contributed by atoms with Gasteiger partial charge in [-0.25, -0.2) is 13.6 Å². The first-order chi connectivity index (χ1) is 9.96. The summed E-state index contributed by atoms with van der Waals surface area (Å²) in [6, 6.07) is 5.98. The van der Waals surface area contributed by atoms with Gasteiger partial charge in [-0.3, -0.25) is 0 Å². The zero-order chi connectivity index (χ0) is 15.3. The van der Waals surface area contributed by atoms with Gasteiger partial charge in [0.15, 0.2) is 11.5 Å². The predicted molar refractivity (Wildman–Crippen MR) is 81.1 cm³/mol. The van der Waals surface area contributed by atoms with Crippen LogP contribution in [0.1, 0.15) is 31.4 Å². The third kappa shape index (κ3) is 5.18. The van der Waals surface area contributed by atoms with E-state index in [0.29, 0.717) is 26.2 Å². The van der Waals surface area contributed by atoms with Crippen molar-refractivity contribution >= 4 is 10.0 Å². The molecule has 0 fully saturated rings. The van der Waals surface area contributed by atoms with E-state index in [4.69, 9.17) is 14.6 Å². The average molecular weight is 314 g/mol. The Labute approximate surface area is 125 Å². The summed E-state index contributed by atoms with van der Waals surface area (Å²) < 4.78 is 33.0. The number of primary sulfonamides is 1. The van der Waals surface area contributed by atoms with E-state index < -0.39 is 10.0 Å². The minimum atomic E-state index is -3.38. The highest BCUT2D eigenvalue weighted by atomic mass is 32.2. The van der Waals surface area contributed by atoms with Crippen LogP contribution in [0, 0.1) is 0 Å². The Morgan fingerprint density at radius 1 is 1.29 bits per heavy atom. The monoisotopic (exact) mass is 314 g/mol. The van der Waals surface area contributed by atoms with Crippen molar-refractivity contribution in [2.75, 3.05) is 25.5 Å². The summed E-state index contributed by atoms with van der Waals surface area (Å²) in [7, 11) is -3.38. The Bertz CT molecular complexity index is 574. The number of hydrogen-bond acceptors (Lipinski definition) is 5. The number of fused-ring (bicyclic) bond motifs is 1. The van der Waals surface area contributed by atoms with Gasteiger partial charge in [-0.05, 0) is 37.6 Å². The molecule has 1 unspecified atom stereocenters. The van der Waals surface area contributed by atoms with E-state index >= 15 is 0 Å². The van der Waals surface area contributed by atoms with Crippen LogP contribution < -0.4 is 19.9 Å². The predicted octanol–water partition coefficient (Wildman–Crippen LogP) is 1.18. The topological polar surface area (TPSA) is 90.7 Å². The van der Waals surface area contributed by atoms with Crippen LogP contribution in [0.3, 0.4) is 0 Å². The SMILES string of the molecule is CC(NCCCS(N)(=O)=O)c1ccc2c(c1)OCCCO2. The van der Waals surface area contributed by atoms with Crippen molar-refractivity contribution in [3.8, 4) is 11.5 Å². The molecule has 6 nitrogen and oxygen atoms in total. The van der Waals surface area contributed by atoms with Gasteiger partial charge in [0.25, 0.3) is 0 Å². The fourth-order valence-electron chi connectivity index (χ4n) is 2.16. The molecular weight excluding hydrogens is 292 g/mol. The first kappa shape index (κ1) is 16.1. The minimum absolute atomic E-state index is 0.00609. The van der Waals surface area contributed by atoms with Crippen molar-refractivity contribution in [1.82, 2.24) is 5.32 Å². The summed E-state index contributed by atoms with van der Waals surface area (Å²) in [6.07, 6.45) is 1.37. The van der Waals surface area contributed by atoms with Gasteiger partial charge in [-0.2, -0.15) is 0 Å². The molecule has 0 spiro atoms. The van der Waals surface area contributed by atoms with Crippen molar-refractivity contribution in [3.05, 3.63) is 23.8 Å². The lowest BCUT2D eigenvalue weighted by Crippen LogP contribution is -2.24. The van der Waals surface area contributed by atoms with Gasteiger partial charge in [0, 0.05) is 12.5 Å². The molecule has 0 bridgehead atoms. The van der Waals surface area contributed by atoms with Crippen molar-refractivity contribution in [2.24, 2.45) is 5.14 Å². The summed E-state index contributed by atoms with van der Waals surface area (Å²) in [5.74, 6) is 1.54. The van der Waals surface area contributed by atoms with E-state index in [1.54, 1.807) is 0 Å². The molecule has 3 N–H and O–H groups in total. The van der Waals surface area contributed by atoms with Crippen molar-refractivity contribution in [3.63, 3.8) is 0 Å². The summed E-state index contributed by atoms with van der Waals surface area (Å²) in [4.78, 5) is 0. The highest BCUT2D eigenvalue weighted by Crippen LogP contribution is 2.32. The lowest BCUT2D eigenvalue weighted by molar-refractivity contribution is 0.297. The van der Waals surface area contributed by atoms with Crippen LogP contribution in [0.2, 0.25) is 0 Å². The second-order valence-corrected chi connectivity index (χ2v) is 6.89. The van der Waals surface area contributed by atoms with Crippen LogP contribution in [0.4, 0.5) is 0 Å². The van der Waals surface area contributed by atoms with E-state index in [1.807, 2.05) is 25.1 Å². The average Bonchev–Trinajstić information content (AvgIpc) is 2.66. The summed E-state index contributed by atoms with van der Waals surface area (Å²) in [6.45, 7) is 3.95. The maximum atomic E-state index is 10.9. The number of rotatable bonds is 6. The number of sulfonamides is 1. The lowest BCUT2D eigenvalue weighted by atomic mass is 10.1. The standard InChI is InChI=1S/C14H22N2O4S/c1-11(16-6-2-9-21(15,17)18)12-4-5-13-14(10-12)20-8-3-7-19-13/h4-5,10-11,16H,2-3,6-9H2,1H3,(H2,15,17,18). The Kier molecular flexibility index (Phi) is 5.44. The van der Waals surface area contributed by atoms with Gasteiger partial charge < -0.3 is 14.8 Å². The van der Waals surface area contributed by atoms with Crippen LogP contribution in [0.5, 0.6) is 11.5 Å². The van der Waals surface area contributed by atoms with E-state index in [1.165, 1.54) is 0 Å². The summed E-state index contributed by atoms with van der Waals surface area (Å²) >= 11 is 0. The number of hydrogen-bond donors (Lipinski definition) is 2. The Morgan fingerprint density at radius 2 is 2.00 bits per heavy atom. The molecule has 0 amide bonds. The second-order valence-electron chi connectivity index (χ2n) is 5.15. The molecule has 1 aromatic carbocycles. The van der Waals surface area contributed by atoms with Crippen LogP contribution >= 0.6 is 0 Å². The van der Waals surface area contributed by atoms with Crippen LogP contribution in [0.25, 0.3) is 0 Å². The minimum Gasteiger partial charge on any atom is -0.490 e. The third-order valence-electron chi connectivity index (χ3n) is 3.33. The van der Waals surface area contributed by atoms with Crippen LogP contribution in [-0.4, -0.2) is 33.9 Å². The molecule has 1 aliphatic rings. The molecule has 0 saturated carbocycles. The Hall–Kier alpha value is -1.31. The van der Waals surface area contributed by atoms with Gasteiger partial charge in [0.1, 0.15) is 0 Å². The highest BCUT2D eigenvalue weighted by molar-refractivity contribution is 7.89. The highest BCUT2D eigenvalue weighted by Gasteiger charge is 2.13. The van der Waals surface area contributed by atoms with E-state index in [2.05, 4.69) is 5.32 Å². The first-order valence-corrected chi connectivity index (χ1v) is 8.81. The fourth-order valence-corrected chi connectivity index (χ4v) is 2.71. The largest absolute Gasteiger partial charge is 0.490 e. The normalized spacial score (nSPS) is 16.3. The van der Waals surface area contributed by atoms with Crippen molar-refractivity contribution in [2.45, 2.75) is 25.8 Å². The summed E-state index contributed by atoms with van der Waals surface area (Å²) in [5, 5.41) is 8.25. The van der Waals surface area contributed by atoms with Gasteiger partial charge in [0.2, 0.25) is 10.0 Å². The molecule has 2 rings (SSSR count). The zero-order valence-corrected chi connectivity index (χ0v) is 13.0. The third-order valence-corrected chi connectivity index (χ3v) is 4.19. The maximum absolute atomic E-state index is 10.9. The van der Waals surface area contributed by atoms with Gasteiger partial charge in [-0.15, -0.1) is 0 Å². The first-order valence-electron chi connectivity index (χ1n) is 7.09. The lowest BCUT2D eigenvalue weighted by Gasteiger charge is -2.16. The van der Waals surface area contributed by atoms with E-state index in [-0.39, 0.29) is 11.8 Å².